The Morgan fingerprint density at radius 2 is 1.82 bits per heavy atom. The number of aromatic nitrogens is 2. The number of fused-ring (bicyclic) bond motifs is 1. The molecule has 1 aromatic heterocycles. The van der Waals surface area contributed by atoms with Gasteiger partial charge in [0, 0.05) is 22.5 Å². The number of nitrogens with zero attached hydrogens (tertiary/aromatic N) is 2. The maximum Gasteiger partial charge on any atom is 0.123 e. The normalized spacial score (nSPS) is 14.9. The fraction of sp³-hybridized carbons (Fsp3) is 0.276. The van der Waals surface area contributed by atoms with Crippen LogP contribution >= 0.6 is 0 Å². The Bertz CT molecular complexity index is 1270. The van der Waals surface area contributed by atoms with E-state index in [1.807, 2.05) is 10.9 Å². The molecule has 1 aliphatic carbocycles. The second-order valence-corrected chi connectivity index (χ2v) is 9.71. The van der Waals surface area contributed by atoms with E-state index < -0.39 is 0 Å². The maximum absolute atomic E-state index is 13.4. The Kier molecular flexibility index (Phi) is 5.53. The van der Waals surface area contributed by atoms with E-state index in [0.29, 0.717) is 6.04 Å². The molecule has 168 valence electrons. The number of rotatable bonds is 8. The van der Waals surface area contributed by atoms with Crippen molar-refractivity contribution < 1.29 is 4.39 Å². The van der Waals surface area contributed by atoms with E-state index in [0.717, 1.165) is 28.7 Å². The first-order valence-corrected chi connectivity index (χ1v) is 11.7. The van der Waals surface area contributed by atoms with Crippen LogP contribution in [0.2, 0.25) is 0 Å². The van der Waals surface area contributed by atoms with Gasteiger partial charge in [0.1, 0.15) is 5.82 Å². The van der Waals surface area contributed by atoms with Crippen molar-refractivity contribution in [1.29, 1.82) is 0 Å². The molecule has 1 heterocycles. The largest absolute Gasteiger partial charge is 0.386 e. The van der Waals surface area contributed by atoms with E-state index in [-0.39, 0.29) is 17.2 Å². The summed E-state index contributed by atoms with van der Waals surface area (Å²) in [5.41, 5.74) is 5.41. The van der Waals surface area contributed by atoms with Gasteiger partial charge in [-0.1, -0.05) is 56.8 Å². The summed E-state index contributed by atoms with van der Waals surface area (Å²) in [6.45, 7) is 9.04. The van der Waals surface area contributed by atoms with Crippen molar-refractivity contribution in [1.82, 2.24) is 15.1 Å². The number of benzene rings is 3. The molecule has 3 nitrogen and oxygen atoms in total. The molecule has 33 heavy (non-hydrogen) atoms. The smallest absolute Gasteiger partial charge is 0.123 e. The minimum atomic E-state index is -0.247. The SMILES string of the molecule is C=C(NC1CC1)C(C)(C)C(Cc1ccccc1)c1ccc2c(cnn2-c2ccc(F)cc2)c1. The first kappa shape index (κ1) is 21.4. The van der Waals surface area contributed by atoms with Crippen LogP contribution in [0.5, 0.6) is 0 Å². The second kappa shape index (κ2) is 8.51. The zero-order valence-electron chi connectivity index (χ0n) is 19.3. The van der Waals surface area contributed by atoms with Gasteiger partial charge in [0.25, 0.3) is 0 Å². The molecule has 0 aliphatic heterocycles. The quantitative estimate of drug-likeness (QED) is 0.328. The van der Waals surface area contributed by atoms with Gasteiger partial charge in [0.15, 0.2) is 0 Å². The van der Waals surface area contributed by atoms with E-state index in [9.17, 15) is 4.39 Å². The minimum absolute atomic E-state index is 0.140. The molecule has 4 heteroatoms. The molecule has 4 aromatic rings. The van der Waals surface area contributed by atoms with Gasteiger partial charge in [-0.3, -0.25) is 0 Å². The highest BCUT2D eigenvalue weighted by Gasteiger charge is 2.36. The van der Waals surface area contributed by atoms with Crippen molar-refractivity contribution in [3.8, 4) is 5.69 Å². The fourth-order valence-corrected chi connectivity index (χ4v) is 4.57. The molecule has 1 atom stereocenters. The lowest BCUT2D eigenvalue weighted by Crippen LogP contribution is -2.34. The summed E-state index contributed by atoms with van der Waals surface area (Å²) in [5, 5.41) is 9.32. The average molecular weight is 440 g/mol. The van der Waals surface area contributed by atoms with Crippen molar-refractivity contribution in [2.75, 3.05) is 0 Å². The molecule has 0 saturated heterocycles. The standard InChI is InChI=1S/C29H30FN3/c1-20(32-25-12-13-25)29(2,3)27(17-21-7-5-4-6-8-21)22-9-16-28-23(18-22)19-31-33(28)26-14-10-24(30)11-15-26/h4-11,14-16,18-19,25,27,32H,1,12-13,17H2,2-3H3. The molecule has 0 bridgehead atoms. The van der Waals surface area contributed by atoms with Crippen molar-refractivity contribution in [2.45, 2.75) is 45.1 Å². The van der Waals surface area contributed by atoms with Crippen LogP contribution in [0.3, 0.4) is 0 Å². The maximum atomic E-state index is 13.4. The third-order valence-corrected chi connectivity index (χ3v) is 6.95. The summed E-state index contributed by atoms with van der Waals surface area (Å²) in [6, 6.07) is 24.3. The first-order chi connectivity index (χ1) is 15.9. The lowest BCUT2D eigenvalue weighted by atomic mass is 9.70. The summed E-state index contributed by atoms with van der Waals surface area (Å²) in [7, 11) is 0. The average Bonchev–Trinajstić information content (AvgIpc) is 3.54. The van der Waals surface area contributed by atoms with Gasteiger partial charge < -0.3 is 5.32 Å². The molecule has 1 unspecified atom stereocenters. The number of halogens is 1. The molecule has 0 spiro atoms. The zero-order chi connectivity index (χ0) is 23.0. The van der Waals surface area contributed by atoms with E-state index in [1.165, 1.54) is 36.1 Å². The molecule has 0 radical (unpaired) electrons. The van der Waals surface area contributed by atoms with Crippen molar-refractivity contribution in [3.63, 3.8) is 0 Å². The number of hydrogen-bond acceptors (Lipinski definition) is 2. The van der Waals surface area contributed by atoms with Crippen LogP contribution in [0.15, 0.2) is 91.3 Å². The topological polar surface area (TPSA) is 29.9 Å². The molecular formula is C29H30FN3. The summed E-state index contributed by atoms with van der Waals surface area (Å²) < 4.78 is 15.2. The predicted octanol–water partition coefficient (Wildman–Crippen LogP) is 6.78. The van der Waals surface area contributed by atoms with Gasteiger partial charge in [-0.2, -0.15) is 5.10 Å². The van der Waals surface area contributed by atoms with Crippen LogP contribution in [0.25, 0.3) is 16.6 Å². The minimum Gasteiger partial charge on any atom is -0.386 e. The fourth-order valence-electron chi connectivity index (χ4n) is 4.57. The third-order valence-electron chi connectivity index (χ3n) is 6.95. The molecule has 1 aliphatic rings. The number of nitrogens with one attached hydrogen (secondary N) is 1. The van der Waals surface area contributed by atoms with Gasteiger partial charge in [0.05, 0.1) is 17.4 Å². The Morgan fingerprint density at radius 3 is 2.52 bits per heavy atom. The molecule has 1 saturated carbocycles. The molecular weight excluding hydrogens is 409 g/mol. The van der Waals surface area contributed by atoms with Crippen LogP contribution in [0.4, 0.5) is 4.39 Å². The van der Waals surface area contributed by atoms with E-state index in [4.69, 9.17) is 0 Å². The van der Waals surface area contributed by atoms with Crippen LogP contribution in [0, 0.1) is 11.2 Å². The molecule has 1 N–H and O–H groups in total. The van der Waals surface area contributed by atoms with Crippen molar-refractivity contribution in [2.24, 2.45) is 5.41 Å². The van der Waals surface area contributed by atoms with E-state index >= 15 is 0 Å². The molecule has 0 amide bonds. The summed E-state index contributed by atoms with van der Waals surface area (Å²) in [5.74, 6) is 0.000686. The Morgan fingerprint density at radius 1 is 1.09 bits per heavy atom. The summed E-state index contributed by atoms with van der Waals surface area (Å²) >= 11 is 0. The molecule has 1 fully saturated rings. The van der Waals surface area contributed by atoms with Crippen LogP contribution in [0.1, 0.15) is 43.7 Å². The Labute approximate surface area is 195 Å². The van der Waals surface area contributed by atoms with Gasteiger partial charge in [0.2, 0.25) is 0 Å². The Hall–Kier alpha value is -3.40. The highest BCUT2D eigenvalue weighted by atomic mass is 19.1. The van der Waals surface area contributed by atoms with Gasteiger partial charge in [-0.25, -0.2) is 9.07 Å². The molecule has 5 rings (SSSR count). The first-order valence-electron chi connectivity index (χ1n) is 11.7. The van der Waals surface area contributed by atoms with E-state index in [1.54, 1.807) is 12.1 Å². The second-order valence-electron chi connectivity index (χ2n) is 9.71. The number of allylic oxidation sites excluding steroid dienone is 1. The van der Waals surface area contributed by atoms with Crippen LogP contribution < -0.4 is 5.32 Å². The highest BCUT2D eigenvalue weighted by Crippen LogP contribution is 2.44. The van der Waals surface area contributed by atoms with Gasteiger partial charge in [-0.15, -0.1) is 0 Å². The summed E-state index contributed by atoms with van der Waals surface area (Å²) in [6.07, 6.45) is 5.28. The zero-order valence-corrected chi connectivity index (χ0v) is 19.3. The number of hydrogen-bond donors (Lipinski definition) is 1. The highest BCUT2D eigenvalue weighted by molar-refractivity contribution is 5.81. The lowest BCUT2D eigenvalue weighted by molar-refractivity contribution is 0.324. The van der Waals surface area contributed by atoms with Gasteiger partial charge >= 0.3 is 0 Å². The summed E-state index contributed by atoms with van der Waals surface area (Å²) in [4.78, 5) is 0. The van der Waals surface area contributed by atoms with Crippen LogP contribution in [-0.4, -0.2) is 15.8 Å². The van der Waals surface area contributed by atoms with Crippen molar-refractivity contribution >= 4 is 10.9 Å². The third kappa shape index (κ3) is 4.43. The van der Waals surface area contributed by atoms with Crippen LogP contribution in [-0.2, 0) is 6.42 Å². The Balaban J connectivity index is 1.52. The lowest BCUT2D eigenvalue weighted by Gasteiger charge is -2.37. The molecule has 3 aromatic carbocycles. The van der Waals surface area contributed by atoms with E-state index in [2.05, 4.69) is 79.4 Å². The monoisotopic (exact) mass is 439 g/mol. The van der Waals surface area contributed by atoms with Gasteiger partial charge in [-0.05, 0) is 72.7 Å². The van der Waals surface area contributed by atoms with Crippen molar-refractivity contribution in [3.05, 3.63) is 108 Å². The predicted molar refractivity (Wildman–Crippen MR) is 133 cm³/mol.